The molecule has 1 aromatic heterocycles. The Morgan fingerprint density at radius 1 is 1.20 bits per heavy atom. The molecule has 0 aliphatic carbocycles. The van der Waals surface area contributed by atoms with Gasteiger partial charge in [-0.1, -0.05) is 29.8 Å². The predicted molar refractivity (Wildman–Crippen MR) is 98.7 cm³/mol. The molecule has 1 fully saturated rings. The van der Waals surface area contributed by atoms with Crippen molar-refractivity contribution in [1.82, 2.24) is 9.88 Å². The molecule has 0 amide bonds. The molecule has 1 aliphatic heterocycles. The van der Waals surface area contributed by atoms with Gasteiger partial charge in [0.25, 0.3) is 0 Å². The Morgan fingerprint density at radius 2 is 1.96 bits per heavy atom. The monoisotopic (exact) mass is 338 g/mol. The molecule has 25 heavy (non-hydrogen) atoms. The molecule has 0 saturated carbocycles. The lowest BCUT2D eigenvalue weighted by molar-refractivity contribution is -0.143. The van der Waals surface area contributed by atoms with Crippen LogP contribution < -0.4 is 0 Å². The van der Waals surface area contributed by atoms with E-state index < -0.39 is 5.97 Å². The van der Waals surface area contributed by atoms with Gasteiger partial charge in [-0.2, -0.15) is 0 Å². The molecule has 2 heterocycles. The van der Waals surface area contributed by atoms with Crippen molar-refractivity contribution < 1.29 is 9.90 Å². The number of hydrogen-bond donors (Lipinski definition) is 1. The van der Waals surface area contributed by atoms with Gasteiger partial charge in [-0.3, -0.25) is 14.7 Å². The number of nitrogens with zero attached hydrogens (tertiary/aromatic N) is 2. The summed E-state index contributed by atoms with van der Waals surface area (Å²) in [6.45, 7) is 7.73. The van der Waals surface area contributed by atoms with E-state index in [1.165, 1.54) is 16.7 Å². The van der Waals surface area contributed by atoms with Crippen LogP contribution in [0.25, 0.3) is 0 Å². The van der Waals surface area contributed by atoms with E-state index in [1.54, 1.807) is 0 Å². The summed E-state index contributed by atoms with van der Waals surface area (Å²) in [7, 11) is 0. The third kappa shape index (κ3) is 3.90. The second kappa shape index (κ2) is 7.36. The highest BCUT2D eigenvalue weighted by atomic mass is 16.4. The van der Waals surface area contributed by atoms with Crippen LogP contribution in [0.1, 0.15) is 46.8 Å². The molecule has 0 spiro atoms. The highest BCUT2D eigenvalue weighted by molar-refractivity contribution is 5.70. The minimum absolute atomic E-state index is 0.00310. The van der Waals surface area contributed by atoms with Crippen molar-refractivity contribution in [2.24, 2.45) is 5.92 Å². The van der Waals surface area contributed by atoms with E-state index in [2.05, 4.69) is 54.1 Å². The van der Waals surface area contributed by atoms with Crippen molar-refractivity contribution in [3.63, 3.8) is 0 Å². The highest BCUT2D eigenvalue weighted by Gasteiger charge is 2.32. The molecule has 132 valence electrons. The Hall–Kier alpha value is -2.20. The standard InChI is InChI=1S/C21H26N2O2/c1-14-6-8-18(16(3)11-14)20(19-9-7-15(2)12-22-19)23-10-4-5-17(13-23)21(24)25/h6-9,11-12,17,20H,4-5,10,13H2,1-3H3,(H,24,25). The largest absolute Gasteiger partial charge is 0.481 e. The number of hydrogen-bond acceptors (Lipinski definition) is 3. The van der Waals surface area contributed by atoms with Crippen molar-refractivity contribution in [3.8, 4) is 0 Å². The average Bonchev–Trinajstić information content (AvgIpc) is 2.59. The third-order valence-electron chi connectivity index (χ3n) is 5.10. The first-order valence-corrected chi connectivity index (χ1v) is 8.92. The first-order valence-electron chi connectivity index (χ1n) is 8.92. The average molecular weight is 338 g/mol. The predicted octanol–water partition coefficient (Wildman–Crippen LogP) is 3.89. The van der Waals surface area contributed by atoms with Gasteiger partial charge in [0, 0.05) is 12.7 Å². The number of pyridine rings is 1. The molecule has 1 aromatic carbocycles. The quantitative estimate of drug-likeness (QED) is 0.919. The summed E-state index contributed by atoms with van der Waals surface area (Å²) < 4.78 is 0. The van der Waals surface area contributed by atoms with E-state index >= 15 is 0 Å². The van der Waals surface area contributed by atoms with Crippen molar-refractivity contribution in [1.29, 1.82) is 0 Å². The number of carboxylic acid groups (broad SMARTS) is 1. The number of likely N-dealkylation sites (tertiary alicyclic amines) is 1. The topological polar surface area (TPSA) is 53.4 Å². The minimum Gasteiger partial charge on any atom is -0.481 e. The molecule has 0 radical (unpaired) electrons. The van der Waals surface area contributed by atoms with E-state index in [9.17, 15) is 9.90 Å². The Labute approximate surface area is 149 Å². The summed E-state index contributed by atoms with van der Waals surface area (Å²) in [4.78, 5) is 18.5. The van der Waals surface area contributed by atoms with Crippen LogP contribution in [0, 0.1) is 26.7 Å². The smallest absolute Gasteiger partial charge is 0.307 e. The molecule has 0 bridgehead atoms. The van der Waals surface area contributed by atoms with E-state index in [-0.39, 0.29) is 12.0 Å². The summed E-state index contributed by atoms with van der Waals surface area (Å²) >= 11 is 0. The van der Waals surface area contributed by atoms with Gasteiger partial charge in [-0.05, 0) is 62.9 Å². The van der Waals surface area contributed by atoms with Crippen LogP contribution in [0.2, 0.25) is 0 Å². The van der Waals surface area contributed by atoms with Gasteiger partial charge in [-0.25, -0.2) is 0 Å². The lowest BCUT2D eigenvalue weighted by Crippen LogP contribution is -2.41. The van der Waals surface area contributed by atoms with E-state index in [0.717, 1.165) is 30.6 Å². The summed E-state index contributed by atoms with van der Waals surface area (Å²) in [6, 6.07) is 10.6. The normalized spacial score (nSPS) is 19.6. The fourth-order valence-electron chi connectivity index (χ4n) is 3.76. The van der Waals surface area contributed by atoms with Gasteiger partial charge >= 0.3 is 5.97 Å². The molecule has 1 N–H and O–H groups in total. The Kier molecular flexibility index (Phi) is 5.19. The molecule has 1 saturated heterocycles. The van der Waals surface area contributed by atoms with Crippen LogP contribution in [-0.4, -0.2) is 34.0 Å². The van der Waals surface area contributed by atoms with Crippen LogP contribution in [-0.2, 0) is 4.79 Å². The molecule has 2 aromatic rings. The van der Waals surface area contributed by atoms with Gasteiger partial charge in [0.1, 0.15) is 0 Å². The number of piperidine rings is 1. The number of benzene rings is 1. The number of aromatic nitrogens is 1. The zero-order valence-electron chi connectivity index (χ0n) is 15.2. The zero-order valence-corrected chi connectivity index (χ0v) is 15.2. The van der Waals surface area contributed by atoms with Gasteiger partial charge in [0.05, 0.1) is 17.7 Å². The number of aliphatic carboxylic acids is 1. The fraction of sp³-hybridized carbons (Fsp3) is 0.429. The van der Waals surface area contributed by atoms with Crippen LogP contribution in [0.4, 0.5) is 0 Å². The van der Waals surface area contributed by atoms with Crippen LogP contribution in [0.15, 0.2) is 36.5 Å². The number of rotatable bonds is 4. The summed E-state index contributed by atoms with van der Waals surface area (Å²) in [5.74, 6) is -0.992. The van der Waals surface area contributed by atoms with Crippen molar-refractivity contribution >= 4 is 5.97 Å². The van der Waals surface area contributed by atoms with Crippen LogP contribution in [0.3, 0.4) is 0 Å². The van der Waals surface area contributed by atoms with E-state index in [4.69, 9.17) is 0 Å². The Balaban J connectivity index is 2.02. The molecular formula is C21H26N2O2. The molecule has 2 unspecified atom stereocenters. The SMILES string of the molecule is Cc1ccc(C(c2ccc(C)cc2C)N2CCCC(C(=O)O)C2)nc1. The first kappa shape index (κ1) is 17.6. The lowest BCUT2D eigenvalue weighted by Gasteiger charge is -2.37. The van der Waals surface area contributed by atoms with E-state index in [0.29, 0.717) is 6.54 Å². The molecular weight excluding hydrogens is 312 g/mol. The summed E-state index contributed by atoms with van der Waals surface area (Å²) in [5, 5.41) is 9.46. The third-order valence-corrected chi connectivity index (χ3v) is 5.10. The fourth-order valence-corrected chi connectivity index (χ4v) is 3.76. The van der Waals surface area contributed by atoms with Gasteiger partial charge in [0.15, 0.2) is 0 Å². The summed E-state index contributed by atoms with van der Waals surface area (Å²) in [6.07, 6.45) is 3.56. The maximum absolute atomic E-state index is 11.5. The summed E-state index contributed by atoms with van der Waals surface area (Å²) in [5.41, 5.74) is 5.80. The maximum Gasteiger partial charge on any atom is 0.307 e. The number of carboxylic acids is 1. The number of carbonyl (C=O) groups is 1. The molecule has 1 aliphatic rings. The molecule has 4 heteroatoms. The van der Waals surface area contributed by atoms with Crippen LogP contribution >= 0.6 is 0 Å². The molecule has 2 atom stereocenters. The van der Waals surface area contributed by atoms with Crippen molar-refractivity contribution in [3.05, 3.63) is 64.5 Å². The van der Waals surface area contributed by atoms with E-state index in [1.807, 2.05) is 13.1 Å². The lowest BCUT2D eigenvalue weighted by atomic mass is 9.91. The second-order valence-corrected chi connectivity index (χ2v) is 7.20. The minimum atomic E-state index is -0.694. The highest BCUT2D eigenvalue weighted by Crippen LogP contribution is 2.33. The number of aryl methyl sites for hydroxylation is 3. The van der Waals surface area contributed by atoms with Crippen molar-refractivity contribution in [2.45, 2.75) is 39.7 Å². The van der Waals surface area contributed by atoms with Gasteiger partial charge in [0.2, 0.25) is 0 Å². The van der Waals surface area contributed by atoms with Crippen LogP contribution in [0.5, 0.6) is 0 Å². The molecule has 4 nitrogen and oxygen atoms in total. The Bertz CT molecular complexity index is 755. The molecule has 3 rings (SSSR count). The maximum atomic E-state index is 11.5. The van der Waals surface area contributed by atoms with Gasteiger partial charge < -0.3 is 5.11 Å². The first-order chi connectivity index (χ1) is 12.0. The van der Waals surface area contributed by atoms with Gasteiger partial charge in [-0.15, -0.1) is 0 Å². The van der Waals surface area contributed by atoms with Crippen molar-refractivity contribution in [2.75, 3.05) is 13.1 Å². The zero-order chi connectivity index (χ0) is 18.0. The Morgan fingerprint density at radius 3 is 2.60 bits per heavy atom. The second-order valence-electron chi connectivity index (χ2n) is 7.20.